The maximum Gasteiger partial charge on any atom is 0.269 e. The zero-order chi connectivity index (χ0) is 21.7. The van der Waals surface area contributed by atoms with Gasteiger partial charge in [-0.2, -0.15) is 0 Å². The van der Waals surface area contributed by atoms with E-state index in [1.807, 2.05) is 37.3 Å². The van der Waals surface area contributed by atoms with Gasteiger partial charge in [-0.15, -0.1) is 0 Å². The van der Waals surface area contributed by atoms with Gasteiger partial charge in [0.1, 0.15) is 5.84 Å². The Morgan fingerprint density at radius 2 is 1.50 bits per heavy atom. The molecule has 1 unspecified atom stereocenters. The van der Waals surface area contributed by atoms with Gasteiger partial charge in [-0.05, 0) is 30.2 Å². The summed E-state index contributed by atoms with van der Waals surface area (Å²) in [5.41, 5.74) is 2.39. The highest BCUT2D eigenvalue weighted by Crippen LogP contribution is 2.28. The summed E-state index contributed by atoms with van der Waals surface area (Å²) in [6.07, 6.45) is 0. The summed E-state index contributed by atoms with van der Waals surface area (Å²) < 4.78 is 28.5. The molecule has 154 valence electrons. The molecule has 1 atom stereocenters. The number of nitrogens with zero attached hydrogens (tertiary/aromatic N) is 2. The molecule has 0 saturated heterocycles. The van der Waals surface area contributed by atoms with Gasteiger partial charge in [0.2, 0.25) is 0 Å². The van der Waals surface area contributed by atoms with E-state index in [0.29, 0.717) is 5.56 Å². The van der Waals surface area contributed by atoms with E-state index in [0.717, 1.165) is 11.1 Å². The van der Waals surface area contributed by atoms with Crippen LogP contribution >= 0.6 is 0 Å². The summed E-state index contributed by atoms with van der Waals surface area (Å²) >= 11 is 0. The average Bonchev–Trinajstić information content (AvgIpc) is 2.74. The Morgan fingerprint density at radius 1 is 0.933 bits per heavy atom. The molecule has 0 radical (unpaired) electrons. The minimum Gasteiger partial charge on any atom is -0.274 e. The third-order valence-electron chi connectivity index (χ3n) is 4.65. The minimum atomic E-state index is -3.86. The molecular weight excluding hydrogens is 402 g/mol. The van der Waals surface area contributed by atoms with Crippen molar-refractivity contribution in [2.24, 2.45) is 4.99 Å². The van der Waals surface area contributed by atoms with Gasteiger partial charge >= 0.3 is 0 Å². The summed E-state index contributed by atoms with van der Waals surface area (Å²) in [4.78, 5) is 14.9. The van der Waals surface area contributed by atoms with Crippen LogP contribution in [0.5, 0.6) is 0 Å². The van der Waals surface area contributed by atoms with Crippen LogP contribution in [0.15, 0.2) is 88.8 Å². The van der Waals surface area contributed by atoms with E-state index in [9.17, 15) is 18.5 Å². The zero-order valence-electron chi connectivity index (χ0n) is 16.5. The van der Waals surface area contributed by atoms with Crippen molar-refractivity contribution in [2.75, 3.05) is 7.05 Å². The van der Waals surface area contributed by atoms with Crippen LogP contribution in [0.4, 0.5) is 5.69 Å². The molecule has 0 aliphatic carbocycles. The number of aliphatic imine (C=N–C) groups is 1. The van der Waals surface area contributed by atoms with Crippen LogP contribution < -0.4 is 4.72 Å². The number of hydrogen-bond acceptors (Lipinski definition) is 5. The lowest BCUT2D eigenvalue weighted by molar-refractivity contribution is -0.384. The number of hydrogen-bond donors (Lipinski definition) is 1. The molecule has 0 amide bonds. The molecule has 3 rings (SSSR count). The quantitative estimate of drug-likeness (QED) is 0.280. The van der Waals surface area contributed by atoms with Crippen molar-refractivity contribution >= 4 is 21.5 Å². The van der Waals surface area contributed by atoms with Crippen LogP contribution in [-0.2, 0) is 10.0 Å². The monoisotopic (exact) mass is 423 g/mol. The normalized spacial score (nSPS) is 12.9. The second-order valence-electron chi connectivity index (χ2n) is 6.72. The fraction of sp³-hybridized carbons (Fsp3) is 0.136. The molecule has 1 N–H and O–H groups in total. The molecule has 0 bridgehead atoms. The van der Waals surface area contributed by atoms with E-state index in [1.54, 1.807) is 24.3 Å². The maximum atomic E-state index is 12.9. The highest BCUT2D eigenvalue weighted by atomic mass is 32.2. The molecule has 30 heavy (non-hydrogen) atoms. The van der Waals surface area contributed by atoms with Crippen molar-refractivity contribution in [3.8, 4) is 0 Å². The second kappa shape index (κ2) is 8.87. The van der Waals surface area contributed by atoms with E-state index >= 15 is 0 Å². The van der Waals surface area contributed by atoms with E-state index in [1.165, 1.54) is 31.3 Å². The summed E-state index contributed by atoms with van der Waals surface area (Å²) in [7, 11) is -2.35. The van der Waals surface area contributed by atoms with E-state index < -0.39 is 20.9 Å². The molecule has 0 aliphatic heterocycles. The average molecular weight is 423 g/mol. The number of non-ortho nitro benzene ring substituents is 1. The predicted molar refractivity (Wildman–Crippen MR) is 116 cm³/mol. The summed E-state index contributed by atoms with van der Waals surface area (Å²) in [5, 5.41) is 11.0. The van der Waals surface area contributed by atoms with Crippen LogP contribution in [0.1, 0.15) is 22.6 Å². The third kappa shape index (κ3) is 4.72. The lowest BCUT2D eigenvalue weighted by Gasteiger charge is -2.21. The van der Waals surface area contributed by atoms with Gasteiger partial charge in [0, 0.05) is 19.2 Å². The van der Waals surface area contributed by atoms with Gasteiger partial charge in [0.15, 0.2) is 0 Å². The SMILES string of the molecule is CN=C(NS(=O)(=O)c1ccc(C)cc1)C(c1ccccc1)c1ccc([N+](=O)[O-])cc1. The third-order valence-corrected chi connectivity index (χ3v) is 6.03. The van der Waals surface area contributed by atoms with Gasteiger partial charge in [-0.3, -0.25) is 19.8 Å². The topological polar surface area (TPSA) is 102 Å². The Bertz CT molecular complexity index is 1160. The zero-order valence-corrected chi connectivity index (χ0v) is 17.3. The fourth-order valence-corrected chi connectivity index (χ4v) is 4.19. The van der Waals surface area contributed by atoms with Crippen molar-refractivity contribution in [1.29, 1.82) is 0 Å². The molecule has 0 fully saturated rings. The van der Waals surface area contributed by atoms with Gasteiger partial charge in [-0.1, -0.05) is 60.2 Å². The summed E-state index contributed by atoms with van der Waals surface area (Å²) in [5.74, 6) is -0.326. The van der Waals surface area contributed by atoms with E-state index in [4.69, 9.17) is 0 Å². The summed E-state index contributed by atoms with van der Waals surface area (Å²) in [6.45, 7) is 1.88. The first-order valence-electron chi connectivity index (χ1n) is 9.17. The van der Waals surface area contributed by atoms with Crippen molar-refractivity contribution in [3.05, 3.63) is 106 Å². The molecule has 0 spiro atoms. The van der Waals surface area contributed by atoms with Crippen LogP contribution in [0.2, 0.25) is 0 Å². The van der Waals surface area contributed by atoms with E-state index in [2.05, 4.69) is 9.71 Å². The number of aryl methyl sites for hydroxylation is 1. The highest BCUT2D eigenvalue weighted by Gasteiger charge is 2.26. The Labute approximate surface area is 175 Å². The van der Waals surface area contributed by atoms with Crippen LogP contribution in [0, 0.1) is 17.0 Å². The molecule has 0 aromatic heterocycles. The van der Waals surface area contributed by atoms with Crippen LogP contribution in [0.3, 0.4) is 0 Å². The molecule has 7 nitrogen and oxygen atoms in total. The standard InChI is InChI=1S/C22H21N3O4S/c1-16-8-14-20(15-9-16)30(28,29)24-22(23-2)21(17-6-4-3-5-7-17)18-10-12-19(13-11-18)25(26)27/h3-15,21H,1-2H3,(H,23,24). The van der Waals surface area contributed by atoms with Gasteiger partial charge in [-0.25, -0.2) is 8.42 Å². The molecule has 0 aliphatic rings. The highest BCUT2D eigenvalue weighted by molar-refractivity contribution is 7.90. The number of benzene rings is 3. The minimum absolute atomic E-state index is 0.0409. The van der Waals surface area contributed by atoms with E-state index in [-0.39, 0.29) is 16.4 Å². The summed E-state index contributed by atoms with van der Waals surface area (Å²) in [6, 6.07) is 21.8. The molecule has 0 saturated carbocycles. The Hall–Kier alpha value is -3.52. The second-order valence-corrected chi connectivity index (χ2v) is 8.40. The Morgan fingerprint density at radius 3 is 2.03 bits per heavy atom. The van der Waals surface area contributed by atoms with Crippen LogP contribution in [0.25, 0.3) is 0 Å². The van der Waals surface area contributed by atoms with Crippen LogP contribution in [-0.4, -0.2) is 26.2 Å². The van der Waals surface area contributed by atoms with Gasteiger partial charge < -0.3 is 0 Å². The number of nitro benzene ring substituents is 1. The van der Waals surface area contributed by atoms with Crippen molar-refractivity contribution < 1.29 is 13.3 Å². The Kier molecular flexibility index (Phi) is 6.27. The lowest BCUT2D eigenvalue weighted by Crippen LogP contribution is -2.35. The molecule has 0 heterocycles. The van der Waals surface area contributed by atoms with Crippen molar-refractivity contribution in [2.45, 2.75) is 17.7 Å². The molecular formula is C22H21N3O4S. The lowest BCUT2D eigenvalue weighted by atomic mass is 9.90. The fourth-order valence-electron chi connectivity index (χ4n) is 3.09. The molecule has 8 heteroatoms. The maximum absolute atomic E-state index is 12.9. The largest absolute Gasteiger partial charge is 0.274 e. The molecule has 3 aromatic carbocycles. The molecule has 3 aromatic rings. The van der Waals surface area contributed by atoms with Gasteiger partial charge in [0.25, 0.3) is 15.7 Å². The first-order valence-corrected chi connectivity index (χ1v) is 10.7. The number of nitrogens with one attached hydrogen (secondary N) is 1. The number of rotatable bonds is 6. The first-order chi connectivity index (χ1) is 14.3. The van der Waals surface area contributed by atoms with Crippen molar-refractivity contribution in [1.82, 2.24) is 4.72 Å². The first kappa shape index (κ1) is 21.2. The van der Waals surface area contributed by atoms with Gasteiger partial charge in [0.05, 0.1) is 15.7 Å². The number of nitro groups is 1. The smallest absolute Gasteiger partial charge is 0.269 e. The number of amidine groups is 1. The predicted octanol–water partition coefficient (Wildman–Crippen LogP) is 4.04. The number of sulfonamides is 1. The Balaban J connectivity index is 2.03. The van der Waals surface area contributed by atoms with Crippen molar-refractivity contribution in [3.63, 3.8) is 0 Å².